The first-order chi connectivity index (χ1) is 7.65. The number of rotatable bonds is 6. The third-order valence-electron chi connectivity index (χ3n) is 2.01. The number of alkyl halides is 1. The van der Waals surface area contributed by atoms with Crippen molar-refractivity contribution in [3.63, 3.8) is 0 Å². The second-order valence-corrected chi connectivity index (χ2v) is 3.74. The van der Waals surface area contributed by atoms with Crippen LogP contribution in [0.5, 0.6) is 0 Å². The Balaban J connectivity index is 2.33. The van der Waals surface area contributed by atoms with Gasteiger partial charge in [-0.1, -0.05) is 0 Å². The van der Waals surface area contributed by atoms with E-state index in [0.717, 1.165) is 5.69 Å². The Morgan fingerprint density at radius 1 is 1.62 bits per heavy atom. The second-order valence-electron chi connectivity index (χ2n) is 3.36. The van der Waals surface area contributed by atoms with Gasteiger partial charge in [0.25, 0.3) is 5.91 Å². The van der Waals surface area contributed by atoms with Crippen molar-refractivity contribution < 1.29 is 9.53 Å². The minimum Gasteiger partial charge on any atom is -0.378 e. The van der Waals surface area contributed by atoms with Gasteiger partial charge in [-0.25, -0.2) is 0 Å². The molecule has 0 aliphatic heterocycles. The van der Waals surface area contributed by atoms with E-state index in [9.17, 15) is 4.79 Å². The van der Waals surface area contributed by atoms with Gasteiger partial charge in [0.2, 0.25) is 0 Å². The smallest absolute Gasteiger partial charge is 0.254 e. The van der Waals surface area contributed by atoms with E-state index < -0.39 is 0 Å². The Kier molecular flexibility index (Phi) is 5.28. The molecule has 0 saturated heterocycles. The van der Waals surface area contributed by atoms with E-state index in [1.54, 1.807) is 24.9 Å². The van der Waals surface area contributed by atoms with Crippen LogP contribution in [0, 0.1) is 6.92 Å². The van der Waals surface area contributed by atoms with Crippen LogP contribution in [-0.2, 0) is 11.8 Å². The fourth-order valence-electron chi connectivity index (χ4n) is 1.31. The van der Waals surface area contributed by atoms with E-state index in [2.05, 4.69) is 10.4 Å². The topological polar surface area (TPSA) is 56.2 Å². The first-order valence-corrected chi connectivity index (χ1v) is 5.60. The lowest BCUT2D eigenvalue weighted by molar-refractivity contribution is 0.0923. The molecule has 1 aromatic rings. The van der Waals surface area contributed by atoms with Crippen LogP contribution in [0.25, 0.3) is 0 Å². The summed E-state index contributed by atoms with van der Waals surface area (Å²) in [5.41, 5.74) is 1.32. The van der Waals surface area contributed by atoms with Crippen molar-refractivity contribution in [3.8, 4) is 0 Å². The van der Waals surface area contributed by atoms with Gasteiger partial charge in [-0.05, 0) is 6.92 Å². The van der Waals surface area contributed by atoms with Crippen molar-refractivity contribution >= 4 is 17.5 Å². The minimum atomic E-state index is -0.125. The summed E-state index contributed by atoms with van der Waals surface area (Å²) in [5.74, 6) is 0.343. The zero-order valence-electron chi connectivity index (χ0n) is 9.49. The van der Waals surface area contributed by atoms with Crippen LogP contribution in [-0.4, -0.2) is 41.3 Å². The first kappa shape index (κ1) is 13.0. The standard InChI is InChI=1S/C10H16ClN3O2/c1-8-9(7-14(2)13-8)10(15)12-4-6-16-5-3-11/h7H,3-6H2,1-2H3,(H,12,15). The van der Waals surface area contributed by atoms with Gasteiger partial charge in [-0.2, -0.15) is 5.10 Å². The van der Waals surface area contributed by atoms with Crippen LogP contribution < -0.4 is 5.32 Å². The maximum absolute atomic E-state index is 11.7. The van der Waals surface area contributed by atoms with Gasteiger partial charge in [0, 0.05) is 25.7 Å². The van der Waals surface area contributed by atoms with E-state index in [4.69, 9.17) is 16.3 Å². The Hall–Kier alpha value is -1.07. The number of hydrogen-bond acceptors (Lipinski definition) is 3. The van der Waals surface area contributed by atoms with E-state index in [-0.39, 0.29) is 5.91 Å². The summed E-state index contributed by atoms with van der Waals surface area (Å²) >= 11 is 5.44. The maximum atomic E-state index is 11.7. The summed E-state index contributed by atoms with van der Waals surface area (Å²) in [6.45, 7) is 3.25. The molecule has 1 amide bonds. The van der Waals surface area contributed by atoms with Gasteiger partial charge >= 0.3 is 0 Å². The number of aromatic nitrogens is 2. The number of nitrogens with zero attached hydrogens (tertiary/aromatic N) is 2. The number of ether oxygens (including phenoxy) is 1. The summed E-state index contributed by atoms with van der Waals surface area (Å²) in [7, 11) is 1.79. The van der Waals surface area contributed by atoms with Gasteiger partial charge in [0.05, 0.1) is 24.5 Å². The number of hydrogen-bond donors (Lipinski definition) is 1. The SMILES string of the molecule is Cc1nn(C)cc1C(=O)NCCOCCCl. The van der Waals surface area contributed by atoms with Crippen molar-refractivity contribution in [2.24, 2.45) is 7.05 Å². The molecule has 0 unspecified atom stereocenters. The molecular formula is C10H16ClN3O2. The molecule has 5 nitrogen and oxygen atoms in total. The first-order valence-electron chi connectivity index (χ1n) is 5.07. The summed E-state index contributed by atoms with van der Waals surface area (Å²) in [4.78, 5) is 11.7. The van der Waals surface area contributed by atoms with Crippen LogP contribution in [0.1, 0.15) is 16.1 Å². The average molecular weight is 246 g/mol. The molecule has 0 radical (unpaired) electrons. The van der Waals surface area contributed by atoms with Gasteiger partial charge in [-0.15, -0.1) is 11.6 Å². The molecule has 0 bridgehead atoms. The van der Waals surface area contributed by atoms with Gasteiger partial charge < -0.3 is 10.1 Å². The highest BCUT2D eigenvalue weighted by Gasteiger charge is 2.11. The monoisotopic (exact) mass is 245 g/mol. The van der Waals surface area contributed by atoms with Crippen molar-refractivity contribution in [2.45, 2.75) is 6.92 Å². The summed E-state index contributed by atoms with van der Waals surface area (Å²) in [6, 6.07) is 0. The van der Waals surface area contributed by atoms with E-state index >= 15 is 0 Å². The number of carbonyl (C=O) groups is 1. The van der Waals surface area contributed by atoms with E-state index in [1.165, 1.54) is 0 Å². The van der Waals surface area contributed by atoms with Crippen molar-refractivity contribution in [2.75, 3.05) is 25.6 Å². The molecule has 0 aromatic carbocycles. The Morgan fingerprint density at radius 2 is 2.38 bits per heavy atom. The quantitative estimate of drug-likeness (QED) is 0.593. The van der Waals surface area contributed by atoms with Crippen molar-refractivity contribution in [1.29, 1.82) is 0 Å². The lowest BCUT2D eigenvalue weighted by Crippen LogP contribution is -2.27. The molecule has 0 spiro atoms. The molecule has 16 heavy (non-hydrogen) atoms. The largest absolute Gasteiger partial charge is 0.378 e. The molecule has 0 aliphatic rings. The van der Waals surface area contributed by atoms with Crippen LogP contribution in [0.15, 0.2) is 6.20 Å². The van der Waals surface area contributed by atoms with Gasteiger partial charge in [0.15, 0.2) is 0 Å². The van der Waals surface area contributed by atoms with Crippen LogP contribution in [0.3, 0.4) is 0 Å². The van der Waals surface area contributed by atoms with Gasteiger partial charge in [0.1, 0.15) is 0 Å². The Bertz CT molecular complexity index is 352. The molecular weight excluding hydrogens is 230 g/mol. The highest BCUT2D eigenvalue weighted by molar-refractivity contribution is 6.17. The number of carbonyl (C=O) groups excluding carboxylic acids is 1. The predicted octanol–water partition coefficient (Wildman–Crippen LogP) is 0.714. The van der Waals surface area contributed by atoms with Crippen molar-refractivity contribution in [3.05, 3.63) is 17.5 Å². The minimum absolute atomic E-state index is 0.125. The fraction of sp³-hybridized carbons (Fsp3) is 0.600. The Labute approximate surface area is 99.7 Å². The summed E-state index contributed by atoms with van der Waals surface area (Å²) < 4.78 is 6.76. The highest BCUT2D eigenvalue weighted by atomic mass is 35.5. The lowest BCUT2D eigenvalue weighted by Gasteiger charge is -2.04. The molecule has 1 rings (SSSR count). The van der Waals surface area contributed by atoms with Gasteiger partial charge in [-0.3, -0.25) is 9.48 Å². The molecule has 1 aromatic heterocycles. The predicted molar refractivity (Wildman–Crippen MR) is 61.8 cm³/mol. The summed E-state index contributed by atoms with van der Waals surface area (Å²) in [5, 5.41) is 6.85. The highest BCUT2D eigenvalue weighted by Crippen LogP contribution is 2.03. The maximum Gasteiger partial charge on any atom is 0.254 e. The molecule has 90 valence electrons. The van der Waals surface area contributed by atoms with E-state index in [1.807, 2.05) is 0 Å². The molecule has 0 saturated carbocycles. The molecule has 6 heteroatoms. The van der Waals surface area contributed by atoms with Crippen molar-refractivity contribution in [1.82, 2.24) is 15.1 Å². The number of aryl methyl sites for hydroxylation is 2. The van der Waals surface area contributed by atoms with E-state index in [0.29, 0.717) is 31.2 Å². The van der Waals surface area contributed by atoms with Crippen LogP contribution in [0.4, 0.5) is 0 Å². The molecule has 1 heterocycles. The third kappa shape index (κ3) is 3.83. The summed E-state index contributed by atoms with van der Waals surface area (Å²) in [6.07, 6.45) is 1.70. The van der Waals surface area contributed by atoms with Crippen LogP contribution in [0.2, 0.25) is 0 Å². The molecule has 0 fully saturated rings. The Morgan fingerprint density at radius 3 is 2.94 bits per heavy atom. The zero-order valence-corrected chi connectivity index (χ0v) is 10.3. The molecule has 0 aliphatic carbocycles. The lowest BCUT2D eigenvalue weighted by atomic mass is 10.2. The average Bonchev–Trinajstić information content (AvgIpc) is 2.57. The van der Waals surface area contributed by atoms with Crippen LogP contribution >= 0.6 is 11.6 Å². The normalized spacial score (nSPS) is 10.4. The molecule has 0 atom stereocenters. The number of amides is 1. The number of halogens is 1. The fourth-order valence-corrected chi connectivity index (χ4v) is 1.42. The second kappa shape index (κ2) is 6.50. The third-order valence-corrected chi connectivity index (χ3v) is 2.17. The molecule has 1 N–H and O–H groups in total. The zero-order chi connectivity index (χ0) is 12.0. The number of nitrogens with one attached hydrogen (secondary N) is 1.